The monoisotopic (exact) mass is 183 g/mol. The molecule has 0 aromatic rings. The van der Waals surface area contributed by atoms with E-state index in [0.717, 1.165) is 13.0 Å². The van der Waals surface area contributed by atoms with Crippen molar-refractivity contribution in [2.75, 3.05) is 6.54 Å². The van der Waals surface area contributed by atoms with Gasteiger partial charge >= 0.3 is 0 Å². The smallest absolute Gasteiger partial charge is 0.0789 e. The minimum Gasteiger partial charge on any atom is -0.389 e. The molecule has 0 radical (unpaired) electrons. The third-order valence-corrected chi connectivity index (χ3v) is 2.60. The Hall–Kier alpha value is -0.500. The molecule has 0 spiro atoms. The molecule has 0 saturated carbocycles. The summed E-state index contributed by atoms with van der Waals surface area (Å²) in [5.41, 5.74) is 2.47. The first-order valence-electron chi connectivity index (χ1n) is 5.20. The molecule has 0 aromatic carbocycles. The van der Waals surface area contributed by atoms with E-state index in [0.29, 0.717) is 11.8 Å². The minimum absolute atomic E-state index is 0.223. The Morgan fingerprint density at radius 3 is 2.23 bits per heavy atom. The highest BCUT2D eigenvalue weighted by atomic mass is 16.3. The molecule has 0 fully saturated rings. The lowest BCUT2D eigenvalue weighted by Gasteiger charge is -2.31. The number of aliphatic hydroxyl groups is 1. The zero-order chi connectivity index (χ0) is 10.0. The quantitative estimate of drug-likeness (QED) is 0.685. The number of hydrogen-bond acceptors (Lipinski definition) is 2. The summed E-state index contributed by atoms with van der Waals surface area (Å²) in [5.74, 6) is 0.938. The maximum atomic E-state index is 9.86. The number of aliphatic hydroxyl groups excluding tert-OH is 1. The van der Waals surface area contributed by atoms with Gasteiger partial charge in [-0.1, -0.05) is 27.7 Å². The van der Waals surface area contributed by atoms with Crippen molar-refractivity contribution in [3.05, 3.63) is 11.3 Å². The Labute approximate surface area is 81.0 Å². The van der Waals surface area contributed by atoms with Crippen LogP contribution in [0.4, 0.5) is 0 Å². The summed E-state index contributed by atoms with van der Waals surface area (Å²) in [7, 11) is 0. The van der Waals surface area contributed by atoms with E-state index in [1.165, 1.54) is 11.3 Å². The SMILES string of the molecule is CC(C)C1=C(C(C)C)C(O)CCN1. The molecule has 0 saturated heterocycles. The molecule has 1 aliphatic rings. The second-order valence-electron chi connectivity index (χ2n) is 4.41. The summed E-state index contributed by atoms with van der Waals surface area (Å²) in [5, 5.41) is 13.3. The largest absolute Gasteiger partial charge is 0.389 e. The topological polar surface area (TPSA) is 32.3 Å². The van der Waals surface area contributed by atoms with Crippen molar-refractivity contribution in [2.24, 2.45) is 11.8 Å². The molecule has 1 atom stereocenters. The van der Waals surface area contributed by atoms with E-state index < -0.39 is 0 Å². The predicted octanol–water partition coefficient (Wildman–Crippen LogP) is 1.91. The molecule has 1 heterocycles. The maximum Gasteiger partial charge on any atom is 0.0789 e. The van der Waals surface area contributed by atoms with Crippen LogP contribution >= 0.6 is 0 Å². The Morgan fingerprint density at radius 1 is 1.23 bits per heavy atom. The number of allylic oxidation sites excluding steroid dienone is 1. The lowest BCUT2D eigenvalue weighted by Crippen LogP contribution is -2.34. The fraction of sp³-hybridized carbons (Fsp3) is 0.818. The molecule has 2 N–H and O–H groups in total. The van der Waals surface area contributed by atoms with Crippen LogP contribution in [0.15, 0.2) is 11.3 Å². The van der Waals surface area contributed by atoms with Crippen LogP contribution in [0.2, 0.25) is 0 Å². The van der Waals surface area contributed by atoms with Gasteiger partial charge in [0.05, 0.1) is 6.10 Å². The van der Waals surface area contributed by atoms with Crippen molar-refractivity contribution < 1.29 is 5.11 Å². The van der Waals surface area contributed by atoms with Gasteiger partial charge in [0, 0.05) is 12.2 Å². The van der Waals surface area contributed by atoms with Gasteiger partial charge in [-0.15, -0.1) is 0 Å². The van der Waals surface area contributed by atoms with Crippen molar-refractivity contribution in [3.8, 4) is 0 Å². The van der Waals surface area contributed by atoms with Gasteiger partial charge in [0.1, 0.15) is 0 Å². The normalized spacial score (nSPS) is 24.1. The highest BCUT2D eigenvalue weighted by molar-refractivity contribution is 5.23. The van der Waals surface area contributed by atoms with Gasteiger partial charge in [-0.3, -0.25) is 0 Å². The van der Waals surface area contributed by atoms with Gasteiger partial charge in [-0.2, -0.15) is 0 Å². The maximum absolute atomic E-state index is 9.86. The highest BCUT2D eigenvalue weighted by Gasteiger charge is 2.24. The Balaban J connectivity index is 2.97. The summed E-state index contributed by atoms with van der Waals surface area (Å²) >= 11 is 0. The number of nitrogens with one attached hydrogen (secondary N) is 1. The molecule has 76 valence electrons. The van der Waals surface area contributed by atoms with E-state index in [9.17, 15) is 5.11 Å². The Kier molecular flexibility index (Phi) is 3.37. The lowest BCUT2D eigenvalue weighted by atomic mass is 9.87. The van der Waals surface area contributed by atoms with E-state index in [-0.39, 0.29) is 6.10 Å². The van der Waals surface area contributed by atoms with Crippen LogP contribution < -0.4 is 5.32 Å². The average Bonchev–Trinajstić information content (AvgIpc) is 2.02. The van der Waals surface area contributed by atoms with Gasteiger partial charge in [-0.25, -0.2) is 0 Å². The van der Waals surface area contributed by atoms with Gasteiger partial charge in [0.2, 0.25) is 0 Å². The third kappa shape index (κ3) is 2.25. The van der Waals surface area contributed by atoms with Crippen molar-refractivity contribution in [2.45, 2.75) is 40.2 Å². The summed E-state index contributed by atoms with van der Waals surface area (Å²) in [4.78, 5) is 0. The van der Waals surface area contributed by atoms with E-state index in [4.69, 9.17) is 0 Å². The first kappa shape index (κ1) is 10.6. The summed E-state index contributed by atoms with van der Waals surface area (Å²) < 4.78 is 0. The van der Waals surface area contributed by atoms with E-state index in [1.54, 1.807) is 0 Å². The predicted molar refractivity (Wildman–Crippen MR) is 55.3 cm³/mol. The summed E-state index contributed by atoms with van der Waals surface area (Å²) in [6.07, 6.45) is 0.627. The van der Waals surface area contributed by atoms with Crippen LogP contribution in [-0.4, -0.2) is 17.8 Å². The Bertz CT molecular complexity index is 206. The second-order valence-corrected chi connectivity index (χ2v) is 4.41. The zero-order valence-electron chi connectivity index (χ0n) is 9.09. The van der Waals surface area contributed by atoms with Crippen LogP contribution in [0.5, 0.6) is 0 Å². The fourth-order valence-electron chi connectivity index (χ4n) is 2.01. The molecule has 1 rings (SSSR count). The molecule has 0 aromatic heterocycles. The summed E-state index contributed by atoms with van der Waals surface area (Å²) in [6, 6.07) is 0. The standard InChI is InChI=1S/C11H21NO/c1-7(2)10-9(13)5-6-12-11(10)8(3)4/h7-9,12-13H,5-6H2,1-4H3. The van der Waals surface area contributed by atoms with Gasteiger partial charge in [-0.05, 0) is 23.8 Å². The molecule has 2 nitrogen and oxygen atoms in total. The second kappa shape index (κ2) is 4.14. The number of hydrogen-bond donors (Lipinski definition) is 2. The van der Waals surface area contributed by atoms with Crippen molar-refractivity contribution >= 4 is 0 Å². The molecular weight excluding hydrogens is 162 g/mol. The van der Waals surface area contributed by atoms with Crippen LogP contribution in [0.3, 0.4) is 0 Å². The minimum atomic E-state index is -0.223. The van der Waals surface area contributed by atoms with Crippen LogP contribution in [0.25, 0.3) is 0 Å². The van der Waals surface area contributed by atoms with Crippen molar-refractivity contribution in [1.82, 2.24) is 5.32 Å². The zero-order valence-corrected chi connectivity index (χ0v) is 9.09. The van der Waals surface area contributed by atoms with Gasteiger partial charge < -0.3 is 10.4 Å². The van der Waals surface area contributed by atoms with Crippen molar-refractivity contribution in [3.63, 3.8) is 0 Å². The highest BCUT2D eigenvalue weighted by Crippen LogP contribution is 2.26. The Morgan fingerprint density at radius 2 is 1.85 bits per heavy atom. The average molecular weight is 183 g/mol. The first-order valence-corrected chi connectivity index (χ1v) is 5.20. The van der Waals surface area contributed by atoms with E-state index in [1.807, 2.05) is 0 Å². The van der Waals surface area contributed by atoms with E-state index >= 15 is 0 Å². The van der Waals surface area contributed by atoms with Gasteiger partial charge in [0.25, 0.3) is 0 Å². The van der Waals surface area contributed by atoms with Crippen LogP contribution in [-0.2, 0) is 0 Å². The molecule has 0 aliphatic carbocycles. The molecule has 0 bridgehead atoms. The molecule has 1 unspecified atom stereocenters. The molecule has 1 aliphatic heterocycles. The fourth-order valence-corrected chi connectivity index (χ4v) is 2.01. The molecule has 2 heteroatoms. The first-order chi connectivity index (χ1) is 6.04. The van der Waals surface area contributed by atoms with Crippen LogP contribution in [0.1, 0.15) is 34.1 Å². The summed E-state index contributed by atoms with van der Waals surface area (Å²) in [6.45, 7) is 9.54. The third-order valence-electron chi connectivity index (χ3n) is 2.60. The molecule has 13 heavy (non-hydrogen) atoms. The van der Waals surface area contributed by atoms with Crippen LogP contribution in [0, 0.1) is 11.8 Å². The number of rotatable bonds is 2. The lowest BCUT2D eigenvalue weighted by molar-refractivity contribution is 0.176. The van der Waals surface area contributed by atoms with Crippen molar-refractivity contribution in [1.29, 1.82) is 0 Å². The van der Waals surface area contributed by atoms with E-state index in [2.05, 4.69) is 33.0 Å². The molecular formula is C11H21NO. The van der Waals surface area contributed by atoms with Gasteiger partial charge in [0.15, 0.2) is 0 Å². The molecule has 0 amide bonds.